The largest absolute Gasteiger partial charge is 0.503 e. The van der Waals surface area contributed by atoms with Crippen LogP contribution in [0, 0.1) is 0 Å². The molecule has 2 N–H and O–H groups in total. The molecular formula is C19H17BrO7. The zero-order valence-electron chi connectivity index (χ0n) is 14.6. The van der Waals surface area contributed by atoms with E-state index in [2.05, 4.69) is 15.9 Å². The third-order valence-corrected chi connectivity index (χ3v) is 4.10. The fourth-order valence-electron chi connectivity index (χ4n) is 2.19. The summed E-state index contributed by atoms with van der Waals surface area (Å²) in [6, 6.07) is 7.69. The zero-order chi connectivity index (χ0) is 20.0. The van der Waals surface area contributed by atoms with Gasteiger partial charge in [-0.2, -0.15) is 0 Å². The number of allylic oxidation sites excluding steroid dienone is 1. The van der Waals surface area contributed by atoms with Gasteiger partial charge in [-0.1, -0.05) is 6.08 Å². The summed E-state index contributed by atoms with van der Waals surface area (Å²) in [5.74, 6) is -0.671. The molecule has 0 saturated heterocycles. The Balaban J connectivity index is 2.21. The van der Waals surface area contributed by atoms with Crippen LogP contribution in [0.1, 0.15) is 15.9 Å². The highest BCUT2D eigenvalue weighted by molar-refractivity contribution is 9.10. The summed E-state index contributed by atoms with van der Waals surface area (Å²) in [6.07, 6.45) is 2.95. The van der Waals surface area contributed by atoms with E-state index in [1.54, 1.807) is 18.2 Å². The molecule has 27 heavy (non-hydrogen) atoms. The maximum atomic E-state index is 12.4. The highest BCUT2D eigenvalue weighted by Crippen LogP contribution is 2.35. The zero-order valence-corrected chi connectivity index (χ0v) is 16.1. The molecule has 2 rings (SSSR count). The quantitative estimate of drug-likeness (QED) is 0.481. The molecular weight excluding hydrogens is 420 g/mol. The van der Waals surface area contributed by atoms with E-state index in [0.717, 1.165) is 0 Å². The van der Waals surface area contributed by atoms with E-state index in [0.29, 0.717) is 15.6 Å². The number of rotatable bonds is 8. The number of carbonyl (C=O) groups excluding carboxylic acids is 1. The third kappa shape index (κ3) is 5.24. The number of methoxy groups -OCH3 is 2. The van der Waals surface area contributed by atoms with Crippen molar-refractivity contribution in [2.45, 2.75) is 0 Å². The van der Waals surface area contributed by atoms with Gasteiger partial charge >= 0.3 is 5.97 Å². The number of ketones is 1. The standard InChI is InChI=1S/C19H17BrO7/c1-25-16-9-12(4-6-15(16)27-10-18(22)23)14(21)5-3-11-7-13(20)19(24)17(8-11)26-2/h3-9,24H,10H2,1-2H3,(H,22,23). The van der Waals surface area contributed by atoms with Gasteiger partial charge in [-0.3, -0.25) is 4.79 Å². The molecule has 0 fully saturated rings. The highest BCUT2D eigenvalue weighted by Gasteiger charge is 2.11. The van der Waals surface area contributed by atoms with Gasteiger partial charge in [-0.05, 0) is 57.9 Å². The van der Waals surface area contributed by atoms with Crippen LogP contribution in [-0.4, -0.2) is 42.8 Å². The van der Waals surface area contributed by atoms with E-state index in [4.69, 9.17) is 19.3 Å². The van der Waals surface area contributed by atoms with E-state index in [1.165, 1.54) is 38.5 Å². The van der Waals surface area contributed by atoms with Crippen molar-refractivity contribution in [1.29, 1.82) is 0 Å². The number of hydrogen-bond donors (Lipinski definition) is 2. The van der Waals surface area contributed by atoms with Gasteiger partial charge < -0.3 is 24.4 Å². The Labute approximate surface area is 163 Å². The van der Waals surface area contributed by atoms with Crippen molar-refractivity contribution < 1.29 is 34.0 Å². The first-order chi connectivity index (χ1) is 12.8. The van der Waals surface area contributed by atoms with E-state index in [1.807, 2.05) is 0 Å². The summed E-state index contributed by atoms with van der Waals surface area (Å²) in [4.78, 5) is 23.0. The molecule has 7 nitrogen and oxygen atoms in total. The molecule has 0 saturated carbocycles. The molecule has 0 bridgehead atoms. The Morgan fingerprint density at radius 3 is 2.41 bits per heavy atom. The van der Waals surface area contributed by atoms with Crippen molar-refractivity contribution in [1.82, 2.24) is 0 Å². The van der Waals surface area contributed by atoms with E-state index in [-0.39, 0.29) is 28.8 Å². The molecule has 0 aliphatic heterocycles. The molecule has 0 amide bonds. The van der Waals surface area contributed by atoms with Crippen molar-refractivity contribution in [3.05, 3.63) is 52.0 Å². The number of carbonyl (C=O) groups is 2. The van der Waals surface area contributed by atoms with Crippen LogP contribution < -0.4 is 14.2 Å². The van der Waals surface area contributed by atoms with Gasteiger partial charge in [0.15, 0.2) is 35.4 Å². The molecule has 2 aromatic rings. The Bertz CT molecular complexity index is 890. The minimum Gasteiger partial charge on any atom is -0.503 e. The number of carboxylic acids is 1. The Kier molecular flexibility index (Phi) is 6.84. The maximum absolute atomic E-state index is 12.4. The van der Waals surface area contributed by atoms with Crippen LogP contribution in [0.15, 0.2) is 40.9 Å². The molecule has 0 atom stereocenters. The Morgan fingerprint density at radius 2 is 1.78 bits per heavy atom. The number of carboxylic acid groups (broad SMARTS) is 1. The smallest absolute Gasteiger partial charge is 0.341 e. The van der Waals surface area contributed by atoms with Crippen molar-refractivity contribution in [3.63, 3.8) is 0 Å². The summed E-state index contributed by atoms with van der Waals surface area (Å²) in [6.45, 7) is -0.513. The monoisotopic (exact) mass is 436 g/mol. The normalized spacial score (nSPS) is 10.6. The lowest BCUT2D eigenvalue weighted by atomic mass is 10.1. The average Bonchev–Trinajstić information content (AvgIpc) is 2.66. The second kappa shape index (κ2) is 9.09. The van der Waals surface area contributed by atoms with Crippen molar-refractivity contribution in [2.24, 2.45) is 0 Å². The predicted molar refractivity (Wildman–Crippen MR) is 102 cm³/mol. The molecule has 0 radical (unpaired) electrons. The molecule has 0 aliphatic carbocycles. The summed E-state index contributed by atoms with van der Waals surface area (Å²) in [5, 5.41) is 18.5. The summed E-state index contributed by atoms with van der Waals surface area (Å²) < 4.78 is 15.8. The average molecular weight is 437 g/mol. The number of aromatic hydroxyl groups is 1. The summed E-state index contributed by atoms with van der Waals surface area (Å²) in [5.41, 5.74) is 0.994. The third-order valence-electron chi connectivity index (χ3n) is 3.50. The van der Waals surface area contributed by atoms with E-state index >= 15 is 0 Å². The first-order valence-electron chi connectivity index (χ1n) is 7.67. The van der Waals surface area contributed by atoms with Gasteiger partial charge in [0.05, 0.1) is 18.7 Å². The number of halogens is 1. The Hall–Kier alpha value is -3.00. The molecule has 0 spiro atoms. The van der Waals surface area contributed by atoms with Crippen LogP contribution in [0.2, 0.25) is 0 Å². The maximum Gasteiger partial charge on any atom is 0.341 e. The minimum absolute atomic E-state index is 0.0253. The van der Waals surface area contributed by atoms with Crippen LogP contribution in [0.25, 0.3) is 6.08 Å². The SMILES string of the molecule is COc1cc(C(=O)C=Cc2cc(Br)c(O)c(OC)c2)ccc1OCC(=O)O. The lowest BCUT2D eigenvalue weighted by molar-refractivity contribution is -0.139. The molecule has 2 aromatic carbocycles. The topological polar surface area (TPSA) is 102 Å². The molecule has 0 aliphatic rings. The van der Waals surface area contributed by atoms with Crippen molar-refractivity contribution >= 4 is 33.8 Å². The first-order valence-corrected chi connectivity index (χ1v) is 8.46. The van der Waals surface area contributed by atoms with Crippen LogP contribution in [0.3, 0.4) is 0 Å². The lowest BCUT2D eigenvalue weighted by Crippen LogP contribution is -2.10. The van der Waals surface area contributed by atoms with E-state index in [9.17, 15) is 14.7 Å². The van der Waals surface area contributed by atoms with Gasteiger partial charge in [0.1, 0.15) is 0 Å². The predicted octanol–water partition coefficient (Wildman–Crippen LogP) is 3.53. The highest BCUT2D eigenvalue weighted by atomic mass is 79.9. The Morgan fingerprint density at radius 1 is 1.07 bits per heavy atom. The molecule has 0 unspecified atom stereocenters. The van der Waals surface area contributed by atoms with Crippen molar-refractivity contribution in [3.8, 4) is 23.0 Å². The molecule has 8 heteroatoms. The molecule has 142 valence electrons. The number of ether oxygens (including phenoxy) is 3. The van der Waals surface area contributed by atoms with Crippen molar-refractivity contribution in [2.75, 3.05) is 20.8 Å². The number of phenols is 1. The second-order valence-corrected chi connectivity index (χ2v) is 6.15. The van der Waals surface area contributed by atoms with Crippen LogP contribution in [0.4, 0.5) is 0 Å². The molecule has 0 aromatic heterocycles. The summed E-state index contributed by atoms with van der Waals surface area (Å²) in [7, 11) is 2.83. The fourth-order valence-corrected chi connectivity index (χ4v) is 2.65. The van der Waals surface area contributed by atoms with Gasteiger partial charge in [-0.15, -0.1) is 0 Å². The number of hydrogen-bond acceptors (Lipinski definition) is 6. The number of benzene rings is 2. The minimum atomic E-state index is -1.12. The van der Waals surface area contributed by atoms with Crippen LogP contribution >= 0.6 is 15.9 Å². The van der Waals surface area contributed by atoms with Gasteiger partial charge in [0.25, 0.3) is 0 Å². The number of phenolic OH excluding ortho intramolecular Hbond substituents is 1. The summed E-state index contributed by atoms with van der Waals surface area (Å²) >= 11 is 3.22. The van der Waals surface area contributed by atoms with Crippen LogP contribution in [-0.2, 0) is 4.79 Å². The lowest BCUT2D eigenvalue weighted by Gasteiger charge is -2.10. The molecule has 0 heterocycles. The van der Waals surface area contributed by atoms with Gasteiger partial charge in [0.2, 0.25) is 0 Å². The van der Waals surface area contributed by atoms with Gasteiger partial charge in [0, 0.05) is 5.56 Å². The van der Waals surface area contributed by atoms with E-state index < -0.39 is 12.6 Å². The first kappa shape index (κ1) is 20.3. The van der Waals surface area contributed by atoms with Crippen LogP contribution in [0.5, 0.6) is 23.0 Å². The number of aliphatic carboxylic acids is 1. The van der Waals surface area contributed by atoms with Gasteiger partial charge in [-0.25, -0.2) is 4.79 Å². The second-order valence-electron chi connectivity index (χ2n) is 5.30. The fraction of sp³-hybridized carbons (Fsp3) is 0.158.